The van der Waals surface area contributed by atoms with Crippen LogP contribution in [0.15, 0.2) is 47.1 Å². The molecule has 0 aliphatic heterocycles. The minimum Gasteiger partial charge on any atom is -0.449 e. The summed E-state index contributed by atoms with van der Waals surface area (Å²) in [6.45, 7) is 0. The van der Waals surface area contributed by atoms with Crippen LogP contribution in [0.1, 0.15) is 23.7 Å². The van der Waals surface area contributed by atoms with Crippen molar-refractivity contribution in [1.82, 2.24) is 0 Å². The molecule has 1 atom stereocenters. The van der Waals surface area contributed by atoms with Gasteiger partial charge in [0, 0.05) is 18.1 Å². The molecule has 17 heavy (non-hydrogen) atoms. The quantitative estimate of drug-likeness (QED) is 0.793. The maximum absolute atomic E-state index is 11.9. The SMILES string of the molecule is O=C1CCc2ccccc2C1Oc1ccco1. The van der Waals surface area contributed by atoms with Crippen LogP contribution in [0.5, 0.6) is 5.95 Å². The lowest BCUT2D eigenvalue weighted by atomic mass is 9.88. The molecule has 86 valence electrons. The summed E-state index contributed by atoms with van der Waals surface area (Å²) in [5.74, 6) is 0.500. The Morgan fingerprint density at radius 3 is 2.82 bits per heavy atom. The van der Waals surface area contributed by atoms with Crippen LogP contribution in [0.3, 0.4) is 0 Å². The zero-order valence-corrected chi connectivity index (χ0v) is 9.26. The van der Waals surface area contributed by atoms with E-state index in [1.807, 2.05) is 24.3 Å². The Hall–Kier alpha value is -2.03. The highest BCUT2D eigenvalue weighted by molar-refractivity contribution is 5.86. The molecule has 1 aliphatic carbocycles. The summed E-state index contributed by atoms with van der Waals surface area (Å²) in [6, 6.07) is 11.4. The Kier molecular flexibility index (Phi) is 2.44. The molecular formula is C14H12O3. The van der Waals surface area contributed by atoms with Gasteiger partial charge in [0.1, 0.15) is 0 Å². The van der Waals surface area contributed by atoms with Crippen molar-refractivity contribution in [3.63, 3.8) is 0 Å². The second-order valence-corrected chi connectivity index (χ2v) is 4.10. The number of fused-ring (bicyclic) bond motifs is 1. The second kappa shape index (κ2) is 4.09. The third-order valence-electron chi connectivity index (χ3n) is 3.00. The lowest BCUT2D eigenvalue weighted by molar-refractivity contribution is -0.127. The molecular weight excluding hydrogens is 216 g/mol. The van der Waals surface area contributed by atoms with E-state index in [2.05, 4.69) is 0 Å². The highest BCUT2D eigenvalue weighted by Crippen LogP contribution is 2.31. The maximum atomic E-state index is 11.9. The zero-order valence-electron chi connectivity index (χ0n) is 9.26. The molecule has 2 aromatic rings. The summed E-state index contributed by atoms with van der Waals surface area (Å²) in [7, 11) is 0. The molecule has 1 aromatic heterocycles. The van der Waals surface area contributed by atoms with Crippen LogP contribution >= 0.6 is 0 Å². The number of rotatable bonds is 2. The van der Waals surface area contributed by atoms with Gasteiger partial charge in [0.15, 0.2) is 11.9 Å². The average molecular weight is 228 g/mol. The van der Waals surface area contributed by atoms with Gasteiger partial charge in [0.25, 0.3) is 5.95 Å². The monoisotopic (exact) mass is 228 g/mol. The molecule has 0 fully saturated rings. The van der Waals surface area contributed by atoms with Crippen molar-refractivity contribution in [3.8, 4) is 5.95 Å². The van der Waals surface area contributed by atoms with Gasteiger partial charge in [-0.1, -0.05) is 24.3 Å². The minimum atomic E-state index is -0.522. The van der Waals surface area contributed by atoms with E-state index < -0.39 is 6.10 Å². The molecule has 0 amide bonds. The van der Waals surface area contributed by atoms with Crippen LogP contribution in [0.25, 0.3) is 0 Å². The van der Waals surface area contributed by atoms with Crippen molar-refractivity contribution in [1.29, 1.82) is 0 Å². The fraction of sp³-hybridized carbons (Fsp3) is 0.214. The molecule has 0 bridgehead atoms. The van der Waals surface area contributed by atoms with E-state index in [0.717, 1.165) is 12.0 Å². The fourth-order valence-electron chi connectivity index (χ4n) is 2.16. The van der Waals surface area contributed by atoms with Gasteiger partial charge >= 0.3 is 0 Å². The van der Waals surface area contributed by atoms with E-state index in [0.29, 0.717) is 12.4 Å². The minimum absolute atomic E-state index is 0.111. The first kappa shape index (κ1) is 10.1. The molecule has 0 spiro atoms. The summed E-state index contributed by atoms with van der Waals surface area (Å²) in [5, 5.41) is 0. The summed E-state index contributed by atoms with van der Waals surface area (Å²) >= 11 is 0. The molecule has 0 radical (unpaired) electrons. The largest absolute Gasteiger partial charge is 0.449 e. The first-order valence-corrected chi connectivity index (χ1v) is 5.65. The van der Waals surface area contributed by atoms with Gasteiger partial charge in [0.2, 0.25) is 0 Å². The van der Waals surface area contributed by atoms with Gasteiger partial charge in [-0.2, -0.15) is 0 Å². The van der Waals surface area contributed by atoms with Crippen LogP contribution in [-0.4, -0.2) is 5.78 Å². The highest BCUT2D eigenvalue weighted by Gasteiger charge is 2.29. The number of furan rings is 1. The number of hydrogen-bond acceptors (Lipinski definition) is 3. The summed E-state index contributed by atoms with van der Waals surface area (Å²) < 4.78 is 10.7. The highest BCUT2D eigenvalue weighted by atomic mass is 16.6. The molecule has 1 aliphatic rings. The third-order valence-corrected chi connectivity index (χ3v) is 3.00. The van der Waals surface area contributed by atoms with Crippen molar-refractivity contribution >= 4 is 5.78 Å². The summed E-state index contributed by atoms with van der Waals surface area (Å²) in [4.78, 5) is 11.9. The molecule has 0 saturated heterocycles. The summed E-state index contributed by atoms with van der Waals surface area (Å²) in [6.07, 6.45) is 2.34. The number of ketones is 1. The molecule has 3 heteroatoms. The topological polar surface area (TPSA) is 39.4 Å². The maximum Gasteiger partial charge on any atom is 0.285 e. The van der Waals surface area contributed by atoms with Crippen molar-refractivity contribution in [2.24, 2.45) is 0 Å². The van der Waals surface area contributed by atoms with Gasteiger partial charge in [-0.05, 0) is 18.1 Å². The van der Waals surface area contributed by atoms with Gasteiger partial charge in [-0.15, -0.1) is 0 Å². The Labute approximate surface area is 99.0 Å². The Bertz CT molecular complexity index is 528. The molecule has 3 nitrogen and oxygen atoms in total. The van der Waals surface area contributed by atoms with E-state index in [-0.39, 0.29) is 5.78 Å². The standard InChI is InChI=1S/C14H12O3/c15-12-8-7-10-4-1-2-5-11(10)14(12)17-13-6-3-9-16-13/h1-6,9,14H,7-8H2. The molecule has 0 N–H and O–H groups in total. The van der Waals surface area contributed by atoms with E-state index in [4.69, 9.17) is 9.15 Å². The smallest absolute Gasteiger partial charge is 0.285 e. The van der Waals surface area contributed by atoms with Crippen molar-refractivity contribution in [2.75, 3.05) is 0 Å². The van der Waals surface area contributed by atoms with E-state index in [1.54, 1.807) is 12.1 Å². The fourth-order valence-corrected chi connectivity index (χ4v) is 2.16. The number of hydrogen-bond donors (Lipinski definition) is 0. The third kappa shape index (κ3) is 1.84. The Morgan fingerprint density at radius 1 is 1.12 bits per heavy atom. The van der Waals surface area contributed by atoms with Gasteiger partial charge in [-0.25, -0.2) is 0 Å². The molecule has 3 rings (SSSR count). The molecule has 1 aromatic carbocycles. The number of ether oxygens (including phenoxy) is 1. The molecule has 0 saturated carbocycles. The van der Waals surface area contributed by atoms with Crippen molar-refractivity contribution < 1.29 is 13.9 Å². The van der Waals surface area contributed by atoms with Gasteiger partial charge < -0.3 is 9.15 Å². The van der Waals surface area contributed by atoms with Gasteiger partial charge in [0.05, 0.1) is 6.26 Å². The van der Waals surface area contributed by atoms with Crippen LogP contribution in [0.2, 0.25) is 0 Å². The van der Waals surface area contributed by atoms with E-state index in [9.17, 15) is 4.79 Å². The second-order valence-electron chi connectivity index (χ2n) is 4.10. The molecule has 1 unspecified atom stereocenters. The Morgan fingerprint density at radius 2 is 2.00 bits per heavy atom. The lowest BCUT2D eigenvalue weighted by Crippen LogP contribution is -2.24. The number of aryl methyl sites for hydroxylation is 1. The Balaban J connectivity index is 1.95. The first-order valence-electron chi connectivity index (χ1n) is 5.65. The van der Waals surface area contributed by atoms with Crippen LogP contribution in [0.4, 0.5) is 0 Å². The predicted molar refractivity (Wildman–Crippen MR) is 61.8 cm³/mol. The van der Waals surface area contributed by atoms with Gasteiger partial charge in [-0.3, -0.25) is 4.79 Å². The number of carbonyl (C=O) groups is 1. The summed E-state index contributed by atoms with van der Waals surface area (Å²) in [5.41, 5.74) is 2.14. The number of carbonyl (C=O) groups excluding carboxylic acids is 1. The molecule has 1 heterocycles. The van der Waals surface area contributed by atoms with E-state index in [1.165, 1.54) is 11.8 Å². The average Bonchev–Trinajstić information content (AvgIpc) is 2.86. The first-order chi connectivity index (χ1) is 8.34. The number of benzene rings is 1. The van der Waals surface area contributed by atoms with Crippen molar-refractivity contribution in [2.45, 2.75) is 18.9 Å². The number of Topliss-reactive ketones (excluding diaryl/α,β-unsaturated/α-hetero) is 1. The normalized spacial score (nSPS) is 18.8. The van der Waals surface area contributed by atoms with E-state index >= 15 is 0 Å². The predicted octanol–water partition coefficient (Wildman–Crippen LogP) is 2.92. The van der Waals surface area contributed by atoms with Crippen LogP contribution in [-0.2, 0) is 11.2 Å². The zero-order chi connectivity index (χ0) is 11.7. The van der Waals surface area contributed by atoms with Crippen LogP contribution in [0, 0.1) is 0 Å². The van der Waals surface area contributed by atoms with Crippen molar-refractivity contribution in [3.05, 3.63) is 53.8 Å². The van der Waals surface area contributed by atoms with Crippen LogP contribution < -0.4 is 4.74 Å². The lowest BCUT2D eigenvalue weighted by Gasteiger charge is -2.23.